The number of piperidine rings is 1. The summed E-state index contributed by atoms with van der Waals surface area (Å²) >= 11 is 0. The molecule has 1 aliphatic rings. The van der Waals surface area contributed by atoms with Crippen molar-refractivity contribution in [2.45, 2.75) is 26.2 Å². The molecule has 3 rings (SSSR count). The number of fused-ring (bicyclic) bond motifs is 1. The summed E-state index contributed by atoms with van der Waals surface area (Å²) in [5.74, 6) is 1.94. The van der Waals surface area contributed by atoms with Gasteiger partial charge in [-0.2, -0.15) is 5.10 Å². The SMILES string of the molecule is CNCCC1CCN(c2nccn3nc(C)cc23)CC1. The van der Waals surface area contributed by atoms with Gasteiger partial charge in [0.15, 0.2) is 5.82 Å². The zero-order valence-electron chi connectivity index (χ0n) is 12.3. The molecule has 0 radical (unpaired) electrons. The Morgan fingerprint density at radius 2 is 2.15 bits per heavy atom. The Bertz CT molecular complexity index is 569. The highest BCUT2D eigenvalue weighted by atomic mass is 15.3. The molecule has 0 aromatic carbocycles. The van der Waals surface area contributed by atoms with Crippen LogP contribution < -0.4 is 10.2 Å². The van der Waals surface area contributed by atoms with Crippen LogP contribution in [0, 0.1) is 12.8 Å². The van der Waals surface area contributed by atoms with Gasteiger partial charge in [-0.25, -0.2) is 9.50 Å². The normalized spacial score (nSPS) is 17.0. The van der Waals surface area contributed by atoms with Crippen molar-refractivity contribution in [1.82, 2.24) is 19.9 Å². The Morgan fingerprint density at radius 1 is 1.35 bits per heavy atom. The Labute approximate surface area is 120 Å². The maximum Gasteiger partial charge on any atom is 0.154 e. The van der Waals surface area contributed by atoms with E-state index >= 15 is 0 Å². The van der Waals surface area contributed by atoms with E-state index in [9.17, 15) is 0 Å². The quantitative estimate of drug-likeness (QED) is 0.923. The highest BCUT2D eigenvalue weighted by Gasteiger charge is 2.21. The highest BCUT2D eigenvalue weighted by molar-refractivity contribution is 5.69. The van der Waals surface area contributed by atoms with Crippen LogP contribution in [0.5, 0.6) is 0 Å². The summed E-state index contributed by atoms with van der Waals surface area (Å²) in [6.45, 7) is 5.36. The summed E-state index contributed by atoms with van der Waals surface area (Å²) in [6.07, 6.45) is 7.58. The molecule has 0 atom stereocenters. The van der Waals surface area contributed by atoms with E-state index in [-0.39, 0.29) is 0 Å². The standard InChI is InChI=1S/C15H23N5/c1-12-11-14-15(17-7-10-20(14)18-12)19-8-4-13(5-9-19)3-6-16-2/h7,10-11,13,16H,3-6,8-9H2,1-2H3. The fourth-order valence-corrected chi connectivity index (χ4v) is 3.06. The summed E-state index contributed by atoms with van der Waals surface area (Å²) < 4.78 is 1.94. The van der Waals surface area contributed by atoms with E-state index in [1.807, 2.05) is 30.9 Å². The molecule has 0 spiro atoms. The van der Waals surface area contributed by atoms with Gasteiger partial charge in [-0.15, -0.1) is 0 Å². The fourth-order valence-electron chi connectivity index (χ4n) is 3.06. The fraction of sp³-hybridized carbons (Fsp3) is 0.600. The van der Waals surface area contributed by atoms with Crippen molar-refractivity contribution < 1.29 is 0 Å². The average molecular weight is 273 g/mol. The Hall–Kier alpha value is -1.62. The van der Waals surface area contributed by atoms with Crippen LogP contribution >= 0.6 is 0 Å². The summed E-state index contributed by atoms with van der Waals surface area (Å²) in [4.78, 5) is 6.99. The third-order valence-corrected chi connectivity index (χ3v) is 4.21. The number of anilines is 1. The number of aromatic nitrogens is 3. The first-order valence-corrected chi connectivity index (χ1v) is 7.48. The molecule has 1 N–H and O–H groups in total. The molecule has 0 amide bonds. The smallest absolute Gasteiger partial charge is 0.154 e. The van der Waals surface area contributed by atoms with Crippen LogP contribution in [-0.4, -0.2) is 41.3 Å². The molecule has 2 aromatic rings. The van der Waals surface area contributed by atoms with Crippen molar-refractivity contribution in [1.29, 1.82) is 0 Å². The zero-order chi connectivity index (χ0) is 13.9. The van der Waals surface area contributed by atoms with Crippen molar-refractivity contribution in [3.05, 3.63) is 24.2 Å². The van der Waals surface area contributed by atoms with Gasteiger partial charge in [0, 0.05) is 25.5 Å². The minimum atomic E-state index is 0.852. The lowest BCUT2D eigenvalue weighted by atomic mass is 9.93. The van der Waals surface area contributed by atoms with Gasteiger partial charge in [0.2, 0.25) is 0 Å². The molecule has 0 aliphatic carbocycles. The summed E-state index contributed by atoms with van der Waals surface area (Å²) in [5.41, 5.74) is 2.17. The van der Waals surface area contributed by atoms with Gasteiger partial charge in [-0.1, -0.05) is 0 Å². The Balaban J connectivity index is 1.73. The molecule has 5 nitrogen and oxygen atoms in total. The second kappa shape index (κ2) is 5.79. The van der Waals surface area contributed by atoms with Gasteiger partial charge in [-0.05, 0) is 51.8 Å². The molecule has 20 heavy (non-hydrogen) atoms. The predicted octanol–water partition coefficient (Wildman–Crippen LogP) is 1.86. The first-order valence-electron chi connectivity index (χ1n) is 7.48. The van der Waals surface area contributed by atoms with Gasteiger partial charge >= 0.3 is 0 Å². The number of hydrogen-bond donors (Lipinski definition) is 1. The minimum Gasteiger partial charge on any atom is -0.355 e. The second-order valence-electron chi connectivity index (χ2n) is 5.69. The van der Waals surface area contributed by atoms with E-state index in [1.54, 1.807) is 0 Å². The number of hydrogen-bond acceptors (Lipinski definition) is 4. The summed E-state index contributed by atoms with van der Waals surface area (Å²) in [6, 6.07) is 2.12. The van der Waals surface area contributed by atoms with Gasteiger partial charge < -0.3 is 10.2 Å². The molecule has 1 fully saturated rings. The molecule has 1 saturated heterocycles. The van der Waals surface area contributed by atoms with Crippen molar-refractivity contribution >= 4 is 11.3 Å². The molecular weight excluding hydrogens is 250 g/mol. The molecule has 0 unspecified atom stereocenters. The van der Waals surface area contributed by atoms with Crippen LogP contribution in [-0.2, 0) is 0 Å². The lowest BCUT2D eigenvalue weighted by molar-refractivity contribution is 0.377. The van der Waals surface area contributed by atoms with Crippen LogP contribution in [0.2, 0.25) is 0 Å². The van der Waals surface area contributed by atoms with Gasteiger partial charge in [-0.3, -0.25) is 0 Å². The van der Waals surface area contributed by atoms with Gasteiger partial charge in [0.1, 0.15) is 5.52 Å². The van der Waals surface area contributed by atoms with E-state index < -0.39 is 0 Å². The molecule has 0 bridgehead atoms. The summed E-state index contributed by atoms with van der Waals surface area (Å²) in [5, 5.41) is 7.71. The van der Waals surface area contributed by atoms with Crippen LogP contribution in [0.3, 0.4) is 0 Å². The first kappa shape index (κ1) is 13.4. The lowest BCUT2D eigenvalue weighted by Crippen LogP contribution is -2.35. The lowest BCUT2D eigenvalue weighted by Gasteiger charge is -2.33. The first-order chi connectivity index (χ1) is 9.78. The maximum atomic E-state index is 4.58. The van der Waals surface area contributed by atoms with Crippen molar-refractivity contribution in [3.63, 3.8) is 0 Å². The molecule has 2 aromatic heterocycles. The average Bonchev–Trinajstić information content (AvgIpc) is 2.85. The number of rotatable bonds is 4. The molecular formula is C15H23N5. The number of nitrogens with zero attached hydrogens (tertiary/aromatic N) is 4. The van der Waals surface area contributed by atoms with Crippen molar-refractivity contribution in [2.24, 2.45) is 5.92 Å². The van der Waals surface area contributed by atoms with E-state index in [4.69, 9.17) is 0 Å². The zero-order valence-corrected chi connectivity index (χ0v) is 12.3. The van der Waals surface area contributed by atoms with Gasteiger partial charge in [0.05, 0.1) is 5.69 Å². The molecule has 108 valence electrons. The van der Waals surface area contributed by atoms with Gasteiger partial charge in [0.25, 0.3) is 0 Å². The largest absolute Gasteiger partial charge is 0.355 e. The van der Waals surface area contributed by atoms with E-state index in [0.29, 0.717) is 0 Å². The third kappa shape index (κ3) is 2.63. The molecule has 0 saturated carbocycles. The topological polar surface area (TPSA) is 45.5 Å². The number of aryl methyl sites for hydroxylation is 1. The molecule has 1 aliphatic heterocycles. The Kier molecular flexibility index (Phi) is 3.87. The van der Waals surface area contributed by atoms with Crippen LogP contribution in [0.4, 0.5) is 5.82 Å². The summed E-state index contributed by atoms with van der Waals surface area (Å²) in [7, 11) is 2.03. The number of nitrogens with one attached hydrogen (secondary N) is 1. The molecule has 5 heteroatoms. The second-order valence-corrected chi connectivity index (χ2v) is 5.69. The molecule has 3 heterocycles. The van der Waals surface area contributed by atoms with Crippen molar-refractivity contribution in [3.8, 4) is 0 Å². The monoisotopic (exact) mass is 273 g/mol. The minimum absolute atomic E-state index is 0.852. The third-order valence-electron chi connectivity index (χ3n) is 4.21. The van der Waals surface area contributed by atoms with Crippen LogP contribution in [0.25, 0.3) is 5.52 Å². The Morgan fingerprint density at radius 3 is 2.90 bits per heavy atom. The van der Waals surface area contributed by atoms with E-state index in [0.717, 1.165) is 42.6 Å². The van der Waals surface area contributed by atoms with E-state index in [2.05, 4.69) is 26.4 Å². The maximum absolute atomic E-state index is 4.58. The van der Waals surface area contributed by atoms with Crippen LogP contribution in [0.1, 0.15) is 25.0 Å². The highest BCUT2D eigenvalue weighted by Crippen LogP contribution is 2.26. The van der Waals surface area contributed by atoms with Crippen LogP contribution in [0.15, 0.2) is 18.5 Å². The van der Waals surface area contributed by atoms with Crippen molar-refractivity contribution in [2.75, 3.05) is 31.6 Å². The van der Waals surface area contributed by atoms with E-state index in [1.165, 1.54) is 19.3 Å². The predicted molar refractivity (Wildman–Crippen MR) is 81.2 cm³/mol.